The van der Waals surface area contributed by atoms with Gasteiger partial charge in [0.05, 0.1) is 13.2 Å². The normalized spacial score (nSPS) is 25.8. The van der Waals surface area contributed by atoms with E-state index < -0.39 is 5.92 Å². The van der Waals surface area contributed by atoms with Crippen LogP contribution in [-0.2, 0) is 4.74 Å². The predicted octanol–water partition coefficient (Wildman–Crippen LogP) is 0.523. The summed E-state index contributed by atoms with van der Waals surface area (Å²) in [6, 6.07) is 0. The highest BCUT2D eigenvalue weighted by atomic mass is 19.2. The van der Waals surface area contributed by atoms with Crippen LogP contribution in [0.1, 0.15) is 6.92 Å². The van der Waals surface area contributed by atoms with E-state index in [0.29, 0.717) is 26.3 Å². The molecule has 0 aromatic heterocycles. The van der Waals surface area contributed by atoms with Crippen molar-refractivity contribution in [1.29, 1.82) is 0 Å². The molecular weight excluding hydrogens is 159 g/mol. The Hall–Kier alpha value is -0.190. The first kappa shape index (κ1) is 9.89. The highest BCUT2D eigenvalue weighted by Crippen LogP contribution is 2.20. The zero-order valence-electron chi connectivity index (χ0n) is 8.01. The molecule has 1 aliphatic heterocycles. The van der Waals surface area contributed by atoms with Crippen molar-refractivity contribution in [3.8, 4) is 0 Å². The average molecular weight is 176 g/mol. The van der Waals surface area contributed by atoms with Crippen LogP contribution in [0.3, 0.4) is 0 Å². The lowest BCUT2D eigenvalue weighted by atomic mass is 10.3. The highest BCUT2D eigenvalue weighted by Gasteiger charge is 2.34. The SMILES string of the molecule is CN(C)[C@](C)(F)N1CCOCC1. The second kappa shape index (κ2) is 3.68. The molecule has 1 heterocycles. The fraction of sp³-hybridized carbons (Fsp3) is 1.00. The lowest BCUT2D eigenvalue weighted by molar-refractivity contribution is -0.152. The number of ether oxygens (including phenoxy) is 1. The number of rotatable bonds is 2. The van der Waals surface area contributed by atoms with Crippen molar-refractivity contribution in [2.75, 3.05) is 40.4 Å². The number of halogens is 1. The van der Waals surface area contributed by atoms with E-state index in [2.05, 4.69) is 0 Å². The Labute approximate surface area is 73.1 Å². The van der Waals surface area contributed by atoms with Gasteiger partial charge in [0.15, 0.2) is 0 Å². The van der Waals surface area contributed by atoms with Crippen molar-refractivity contribution >= 4 is 0 Å². The molecule has 0 aromatic rings. The minimum Gasteiger partial charge on any atom is -0.379 e. The maximum atomic E-state index is 13.9. The topological polar surface area (TPSA) is 15.7 Å². The molecule has 0 aromatic carbocycles. The summed E-state index contributed by atoms with van der Waals surface area (Å²) in [5.74, 6) is -1.34. The molecule has 1 rings (SSSR count). The van der Waals surface area contributed by atoms with Crippen LogP contribution in [0.4, 0.5) is 4.39 Å². The summed E-state index contributed by atoms with van der Waals surface area (Å²) in [5, 5.41) is 0. The molecule has 4 heteroatoms. The lowest BCUT2D eigenvalue weighted by Crippen LogP contribution is -2.56. The van der Waals surface area contributed by atoms with E-state index in [4.69, 9.17) is 4.74 Å². The number of hydrogen-bond acceptors (Lipinski definition) is 3. The molecule has 0 aliphatic carbocycles. The molecule has 12 heavy (non-hydrogen) atoms. The van der Waals surface area contributed by atoms with E-state index >= 15 is 0 Å². The zero-order chi connectivity index (χ0) is 9.19. The Bertz CT molecular complexity index is 144. The molecular formula is C8H17FN2O. The number of nitrogens with zero attached hydrogens (tertiary/aromatic N) is 2. The van der Waals surface area contributed by atoms with Crippen LogP contribution in [0.5, 0.6) is 0 Å². The monoisotopic (exact) mass is 176 g/mol. The Kier molecular flexibility index (Phi) is 3.04. The van der Waals surface area contributed by atoms with E-state index in [9.17, 15) is 4.39 Å². The lowest BCUT2D eigenvalue weighted by Gasteiger charge is -2.40. The van der Waals surface area contributed by atoms with Crippen molar-refractivity contribution in [2.45, 2.75) is 12.8 Å². The molecule has 72 valence electrons. The number of morpholine rings is 1. The maximum Gasteiger partial charge on any atom is 0.217 e. The highest BCUT2D eigenvalue weighted by molar-refractivity contribution is 4.74. The molecule has 0 unspecified atom stereocenters. The van der Waals surface area contributed by atoms with Gasteiger partial charge in [-0.15, -0.1) is 0 Å². The Morgan fingerprint density at radius 2 is 1.83 bits per heavy atom. The van der Waals surface area contributed by atoms with Gasteiger partial charge in [0.2, 0.25) is 5.92 Å². The quantitative estimate of drug-likeness (QED) is 0.571. The van der Waals surface area contributed by atoms with Gasteiger partial charge in [-0.25, -0.2) is 4.39 Å². The van der Waals surface area contributed by atoms with Crippen LogP contribution < -0.4 is 0 Å². The van der Waals surface area contributed by atoms with Crippen LogP contribution in [0.2, 0.25) is 0 Å². The summed E-state index contributed by atoms with van der Waals surface area (Å²) >= 11 is 0. The Balaban J connectivity index is 2.53. The van der Waals surface area contributed by atoms with Gasteiger partial charge < -0.3 is 4.74 Å². The van der Waals surface area contributed by atoms with E-state index in [-0.39, 0.29) is 0 Å². The fourth-order valence-electron chi connectivity index (χ4n) is 1.25. The first-order valence-electron chi connectivity index (χ1n) is 4.24. The molecule has 0 bridgehead atoms. The Morgan fingerprint density at radius 1 is 1.33 bits per heavy atom. The third-order valence-electron chi connectivity index (χ3n) is 2.40. The summed E-state index contributed by atoms with van der Waals surface area (Å²) in [4.78, 5) is 3.37. The maximum absolute atomic E-state index is 13.9. The second-order valence-electron chi connectivity index (χ2n) is 3.40. The average Bonchev–Trinajstić information content (AvgIpc) is 2.06. The summed E-state index contributed by atoms with van der Waals surface area (Å²) in [6.07, 6.45) is 0. The molecule has 1 aliphatic rings. The van der Waals surface area contributed by atoms with Crippen molar-refractivity contribution in [1.82, 2.24) is 9.80 Å². The van der Waals surface area contributed by atoms with Crippen LogP contribution in [0, 0.1) is 0 Å². The van der Waals surface area contributed by atoms with Crippen molar-refractivity contribution in [3.05, 3.63) is 0 Å². The molecule has 1 atom stereocenters. The van der Waals surface area contributed by atoms with Crippen molar-refractivity contribution in [2.24, 2.45) is 0 Å². The summed E-state index contributed by atoms with van der Waals surface area (Å²) in [5.41, 5.74) is 0. The van der Waals surface area contributed by atoms with E-state index in [1.54, 1.807) is 30.8 Å². The molecule has 0 amide bonds. The smallest absolute Gasteiger partial charge is 0.217 e. The minimum absolute atomic E-state index is 0.632. The van der Waals surface area contributed by atoms with Gasteiger partial charge in [0.1, 0.15) is 0 Å². The van der Waals surface area contributed by atoms with Crippen LogP contribution >= 0.6 is 0 Å². The predicted molar refractivity (Wildman–Crippen MR) is 45.6 cm³/mol. The second-order valence-corrected chi connectivity index (χ2v) is 3.40. The molecule has 0 radical (unpaired) electrons. The van der Waals surface area contributed by atoms with Gasteiger partial charge >= 0.3 is 0 Å². The molecule has 0 saturated carbocycles. The van der Waals surface area contributed by atoms with Gasteiger partial charge in [0, 0.05) is 13.1 Å². The minimum atomic E-state index is -1.34. The van der Waals surface area contributed by atoms with E-state index in [0.717, 1.165) is 0 Å². The third-order valence-corrected chi connectivity index (χ3v) is 2.40. The third kappa shape index (κ3) is 1.94. The van der Waals surface area contributed by atoms with Crippen LogP contribution in [0.25, 0.3) is 0 Å². The van der Waals surface area contributed by atoms with Crippen molar-refractivity contribution in [3.63, 3.8) is 0 Å². The largest absolute Gasteiger partial charge is 0.379 e. The molecule has 0 N–H and O–H groups in total. The fourth-order valence-corrected chi connectivity index (χ4v) is 1.25. The first-order chi connectivity index (χ1) is 5.55. The van der Waals surface area contributed by atoms with Gasteiger partial charge in [-0.2, -0.15) is 0 Å². The molecule has 0 spiro atoms. The van der Waals surface area contributed by atoms with Crippen LogP contribution in [-0.4, -0.2) is 56.1 Å². The molecule has 1 saturated heterocycles. The van der Waals surface area contributed by atoms with Gasteiger partial charge in [-0.1, -0.05) is 0 Å². The molecule has 3 nitrogen and oxygen atoms in total. The van der Waals surface area contributed by atoms with Gasteiger partial charge in [0.25, 0.3) is 0 Å². The van der Waals surface area contributed by atoms with Crippen LogP contribution in [0.15, 0.2) is 0 Å². The summed E-state index contributed by atoms with van der Waals surface area (Å²) < 4.78 is 19.0. The van der Waals surface area contributed by atoms with E-state index in [1.165, 1.54) is 0 Å². The molecule has 1 fully saturated rings. The number of hydrogen-bond donors (Lipinski definition) is 0. The Morgan fingerprint density at radius 3 is 2.25 bits per heavy atom. The standard InChI is InChI=1S/C8H17FN2O/c1-8(9,10(2)3)11-4-6-12-7-5-11/h4-7H2,1-3H3/t8-/m0/s1. The van der Waals surface area contributed by atoms with Gasteiger partial charge in [-0.3, -0.25) is 9.80 Å². The summed E-state index contributed by atoms with van der Waals surface area (Å²) in [6.45, 7) is 4.19. The zero-order valence-corrected chi connectivity index (χ0v) is 8.01. The van der Waals surface area contributed by atoms with Gasteiger partial charge in [-0.05, 0) is 21.0 Å². The van der Waals surface area contributed by atoms with E-state index in [1.807, 2.05) is 0 Å². The first-order valence-corrected chi connectivity index (χ1v) is 4.24. The summed E-state index contributed by atoms with van der Waals surface area (Å²) in [7, 11) is 3.49. The van der Waals surface area contributed by atoms with Crippen molar-refractivity contribution < 1.29 is 9.13 Å². The number of alkyl halides is 1.